The van der Waals surface area contributed by atoms with Gasteiger partial charge in [0.05, 0.1) is 11.3 Å². The molecule has 5 heteroatoms. The van der Waals surface area contributed by atoms with Gasteiger partial charge in [-0.05, 0) is 38.0 Å². The van der Waals surface area contributed by atoms with E-state index in [-0.39, 0.29) is 11.2 Å². The molecule has 0 saturated carbocycles. The zero-order valence-corrected chi connectivity index (χ0v) is 10.7. The molecular formula is C13H17F4N. The summed E-state index contributed by atoms with van der Waals surface area (Å²) in [6.45, 7) is 5.79. The lowest BCUT2D eigenvalue weighted by Gasteiger charge is -2.29. The van der Waals surface area contributed by atoms with Gasteiger partial charge >= 0.3 is 6.18 Å². The Morgan fingerprint density at radius 1 is 1.11 bits per heavy atom. The summed E-state index contributed by atoms with van der Waals surface area (Å²) in [6.07, 6.45) is -3.01. The molecule has 0 spiro atoms. The van der Waals surface area contributed by atoms with E-state index in [0.717, 1.165) is 25.0 Å². The van der Waals surface area contributed by atoms with Crippen LogP contribution in [0.4, 0.5) is 23.2 Å². The Kier molecular flexibility index (Phi) is 4.24. The van der Waals surface area contributed by atoms with Crippen LogP contribution in [0.3, 0.4) is 0 Å². The van der Waals surface area contributed by atoms with Gasteiger partial charge in [0.25, 0.3) is 0 Å². The maximum atomic E-state index is 13.6. The molecule has 0 unspecified atom stereocenters. The molecule has 0 radical (unpaired) electrons. The predicted molar refractivity (Wildman–Crippen MR) is 64.0 cm³/mol. The molecule has 1 N–H and O–H groups in total. The van der Waals surface area contributed by atoms with Crippen molar-refractivity contribution in [3.05, 3.63) is 29.6 Å². The largest absolute Gasteiger partial charge is 0.416 e. The zero-order valence-electron chi connectivity index (χ0n) is 10.7. The standard InChI is InChI=1S/C13H17F4N/c1-4-12(3,5-2)18-11-7-6-9(8-10(11)14)13(15,16)17/h6-8,18H,4-5H2,1-3H3. The molecule has 1 aromatic carbocycles. The summed E-state index contributed by atoms with van der Waals surface area (Å²) < 4.78 is 50.8. The van der Waals surface area contributed by atoms with Crippen molar-refractivity contribution in [2.45, 2.75) is 45.3 Å². The molecule has 102 valence electrons. The lowest BCUT2D eigenvalue weighted by Crippen LogP contribution is -2.33. The Balaban J connectivity index is 3.00. The summed E-state index contributed by atoms with van der Waals surface area (Å²) in [5.74, 6) is -0.877. The topological polar surface area (TPSA) is 12.0 Å². The zero-order chi connectivity index (χ0) is 14.0. The first-order chi connectivity index (χ1) is 8.22. The fourth-order valence-electron chi connectivity index (χ4n) is 1.54. The van der Waals surface area contributed by atoms with Gasteiger partial charge in [0.15, 0.2) is 0 Å². The third-order valence-electron chi connectivity index (χ3n) is 3.29. The number of nitrogens with one attached hydrogen (secondary N) is 1. The van der Waals surface area contributed by atoms with Crippen LogP contribution in [0.1, 0.15) is 39.2 Å². The van der Waals surface area contributed by atoms with Crippen LogP contribution >= 0.6 is 0 Å². The molecule has 0 aromatic heterocycles. The second-order valence-corrected chi connectivity index (χ2v) is 4.59. The number of halogens is 4. The van der Waals surface area contributed by atoms with Gasteiger partial charge in [0, 0.05) is 5.54 Å². The van der Waals surface area contributed by atoms with E-state index in [1.807, 2.05) is 20.8 Å². The minimum Gasteiger partial charge on any atom is -0.378 e. The molecule has 1 aromatic rings. The van der Waals surface area contributed by atoms with Crippen LogP contribution in [0.5, 0.6) is 0 Å². The highest BCUT2D eigenvalue weighted by atomic mass is 19.4. The van der Waals surface area contributed by atoms with E-state index in [2.05, 4.69) is 5.32 Å². The second kappa shape index (κ2) is 5.16. The summed E-state index contributed by atoms with van der Waals surface area (Å²) >= 11 is 0. The number of benzene rings is 1. The minimum absolute atomic E-state index is 0.106. The summed E-state index contributed by atoms with van der Waals surface area (Å²) in [4.78, 5) is 0. The summed E-state index contributed by atoms with van der Waals surface area (Å²) in [6, 6.07) is 2.55. The Morgan fingerprint density at radius 3 is 2.06 bits per heavy atom. The SMILES string of the molecule is CCC(C)(CC)Nc1ccc(C(F)(F)F)cc1F. The monoisotopic (exact) mass is 263 g/mol. The van der Waals surface area contributed by atoms with Gasteiger partial charge in [-0.3, -0.25) is 0 Å². The summed E-state index contributed by atoms with van der Waals surface area (Å²) in [7, 11) is 0. The highest BCUT2D eigenvalue weighted by molar-refractivity contribution is 5.48. The van der Waals surface area contributed by atoms with Crippen LogP contribution in [0.25, 0.3) is 0 Å². The Labute approximate surface area is 104 Å². The maximum Gasteiger partial charge on any atom is 0.416 e. The first-order valence-corrected chi connectivity index (χ1v) is 5.87. The molecule has 0 bridgehead atoms. The first-order valence-electron chi connectivity index (χ1n) is 5.87. The Morgan fingerprint density at radius 2 is 1.67 bits per heavy atom. The van der Waals surface area contributed by atoms with Crippen LogP contribution in [0, 0.1) is 5.82 Å². The molecule has 0 aliphatic rings. The quantitative estimate of drug-likeness (QED) is 0.767. The Hall–Kier alpha value is -1.26. The van der Waals surface area contributed by atoms with Gasteiger partial charge in [-0.2, -0.15) is 13.2 Å². The van der Waals surface area contributed by atoms with Crippen LogP contribution in [0.15, 0.2) is 18.2 Å². The molecule has 0 heterocycles. The van der Waals surface area contributed by atoms with E-state index in [1.165, 1.54) is 0 Å². The van der Waals surface area contributed by atoms with Gasteiger partial charge in [-0.15, -0.1) is 0 Å². The summed E-state index contributed by atoms with van der Waals surface area (Å²) in [5.41, 5.74) is -1.19. The minimum atomic E-state index is -4.52. The van der Waals surface area contributed by atoms with Gasteiger partial charge in [0.1, 0.15) is 5.82 Å². The molecule has 18 heavy (non-hydrogen) atoms. The van der Waals surface area contributed by atoms with E-state index in [0.29, 0.717) is 6.07 Å². The molecule has 1 rings (SSSR count). The molecule has 0 aliphatic carbocycles. The number of rotatable bonds is 4. The van der Waals surface area contributed by atoms with Crippen LogP contribution in [-0.4, -0.2) is 5.54 Å². The van der Waals surface area contributed by atoms with E-state index >= 15 is 0 Å². The van der Waals surface area contributed by atoms with Crippen molar-refractivity contribution in [3.8, 4) is 0 Å². The second-order valence-electron chi connectivity index (χ2n) is 4.59. The van der Waals surface area contributed by atoms with Crippen molar-refractivity contribution >= 4 is 5.69 Å². The fraction of sp³-hybridized carbons (Fsp3) is 0.538. The summed E-state index contributed by atoms with van der Waals surface area (Å²) in [5, 5.41) is 2.96. The lowest BCUT2D eigenvalue weighted by atomic mass is 9.95. The van der Waals surface area contributed by atoms with Gasteiger partial charge in [-0.25, -0.2) is 4.39 Å². The van der Waals surface area contributed by atoms with Crippen molar-refractivity contribution < 1.29 is 17.6 Å². The van der Waals surface area contributed by atoms with Gasteiger partial charge in [-0.1, -0.05) is 13.8 Å². The highest BCUT2D eigenvalue weighted by Gasteiger charge is 2.31. The Bertz CT molecular complexity index is 408. The van der Waals surface area contributed by atoms with E-state index in [1.54, 1.807) is 0 Å². The normalized spacial score (nSPS) is 12.6. The third-order valence-corrected chi connectivity index (χ3v) is 3.29. The van der Waals surface area contributed by atoms with Crippen LogP contribution in [-0.2, 0) is 6.18 Å². The lowest BCUT2D eigenvalue weighted by molar-refractivity contribution is -0.137. The molecular weight excluding hydrogens is 246 g/mol. The van der Waals surface area contributed by atoms with E-state index < -0.39 is 17.6 Å². The molecule has 0 atom stereocenters. The molecule has 0 saturated heterocycles. The molecule has 0 amide bonds. The highest BCUT2D eigenvalue weighted by Crippen LogP contribution is 2.32. The van der Waals surface area contributed by atoms with Crippen LogP contribution in [0.2, 0.25) is 0 Å². The van der Waals surface area contributed by atoms with Crippen molar-refractivity contribution in [3.63, 3.8) is 0 Å². The van der Waals surface area contributed by atoms with Gasteiger partial charge in [0.2, 0.25) is 0 Å². The molecule has 1 nitrogen and oxygen atoms in total. The number of hydrogen-bond acceptors (Lipinski definition) is 1. The van der Waals surface area contributed by atoms with Crippen LogP contribution < -0.4 is 5.32 Å². The smallest absolute Gasteiger partial charge is 0.378 e. The van der Waals surface area contributed by atoms with Crippen molar-refractivity contribution in [2.75, 3.05) is 5.32 Å². The maximum absolute atomic E-state index is 13.6. The average Bonchev–Trinajstić information content (AvgIpc) is 2.30. The fourth-order valence-corrected chi connectivity index (χ4v) is 1.54. The molecule has 0 fully saturated rings. The predicted octanol–water partition coefficient (Wildman–Crippen LogP) is 4.84. The van der Waals surface area contributed by atoms with Crippen molar-refractivity contribution in [1.29, 1.82) is 0 Å². The number of anilines is 1. The molecule has 0 aliphatic heterocycles. The van der Waals surface area contributed by atoms with E-state index in [4.69, 9.17) is 0 Å². The average molecular weight is 263 g/mol. The third kappa shape index (κ3) is 3.37. The first kappa shape index (κ1) is 14.8. The van der Waals surface area contributed by atoms with Gasteiger partial charge < -0.3 is 5.32 Å². The van der Waals surface area contributed by atoms with E-state index in [9.17, 15) is 17.6 Å². The number of alkyl halides is 3. The van der Waals surface area contributed by atoms with Crippen molar-refractivity contribution in [2.24, 2.45) is 0 Å². The number of hydrogen-bond donors (Lipinski definition) is 1. The van der Waals surface area contributed by atoms with Crippen molar-refractivity contribution in [1.82, 2.24) is 0 Å².